The maximum Gasteiger partial charge on any atom is 0.315 e. The molecule has 0 spiro atoms. The molecule has 0 bridgehead atoms. The number of amides is 3. The minimum absolute atomic E-state index is 0.140. The molecule has 1 saturated carbocycles. The summed E-state index contributed by atoms with van der Waals surface area (Å²) in [5, 5.41) is 17.4. The first-order valence-electron chi connectivity index (χ1n) is 9.18. The van der Waals surface area contributed by atoms with Crippen LogP contribution in [0.4, 0.5) is 10.5 Å². The molecule has 0 aromatic heterocycles. The molecule has 3 amide bonds. The summed E-state index contributed by atoms with van der Waals surface area (Å²) < 4.78 is 0. The fourth-order valence-corrected chi connectivity index (χ4v) is 3.11. The summed E-state index contributed by atoms with van der Waals surface area (Å²) in [6, 6.07) is 6.94. The minimum Gasteiger partial charge on any atom is -0.481 e. The lowest BCUT2D eigenvalue weighted by atomic mass is 9.96. The van der Waals surface area contributed by atoms with E-state index in [9.17, 15) is 14.4 Å². The number of rotatable bonds is 8. The molecule has 142 valence electrons. The lowest BCUT2D eigenvalue weighted by molar-refractivity contribution is -0.136. The van der Waals surface area contributed by atoms with Gasteiger partial charge in [-0.05, 0) is 30.9 Å². The predicted molar refractivity (Wildman–Crippen MR) is 99.1 cm³/mol. The lowest BCUT2D eigenvalue weighted by Crippen LogP contribution is -2.43. The predicted octanol–water partition coefficient (Wildman–Crippen LogP) is 2.66. The Morgan fingerprint density at radius 3 is 2.54 bits per heavy atom. The Balaban J connectivity index is 1.66. The summed E-state index contributed by atoms with van der Waals surface area (Å²) in [6.45, 7) is 0.419. The van der Waals surface area contributed by atoms with Gasteiger partial charge in [-0.1, -0.05) is 37.5 Å². The third-order valence-electron chi connectivity index (χ3n) is 4.44. The van der Waals surface area contributed by atoms with Crippen molar-refractivity contribution >= 4 is 23.6 Å². The molecule has 0 heterocycles. The second kappa shape index (κ2) is 10.4. The van der Waals surface area contributed by atoms with E-state index in [1.165, 1.54) is 6.42 Å². The van der Waals surface area contributed by atoms with Gasteiger partial charge < -0.3 is 21.1 Å². The van der Waals surface area contributed by atoms with Gasteiger partial charge in [-0.15, -0.1) is 0 Å². The van der Waals surface area contributed by atoms with Gasteiger partial charge in [-0.2, -0.15) is 0 Å². The van der Waals surface area contributed by atoms with Gasteiger partial charge in [0.1, 0.15) is 0 Å². The number of carbonyl (C=O) groups excluding carboxylic acids is 2. The van der Waals surface area contributed by atoms with E-state index in [0.29, 0.717) is 24.2 Å². The van der Waals surface area contributed by atoms with Crippen molar-refractivity contribution in [3.63, 3.8) is 0 Å². The summed E-state index contributed by atoms with van der Waals surface area (Å²) in [6.07, 6.45) is 6.26. The number of carboxylic acid groups (broad SMARTS) is 1. The van der Waals surface area contributed by atoms with Crippen LogP contribution >= 0.6 is 0 Å². The van der Waals surface area contributed by atoms with Gasteiger partial charge in [0.25, 0.3) is 0 Å². The number of urea groups is 1. The Hall–Kier alpha value is -2.57. The van der Waals surface area contributed by atoms with E-state index >= 15 is 0 Å². The maximum absolute atomic E-state index is 12.0. The van der Waals surface area contributed by atoms with Crippen molar-refractivity contribution in [1.82, 2.24) is 10.6 Å². The average molecular weight is 361 g/mol. The Morgan fingerprint density at radius 2 is 1.81 bits per heavy atom. The van der Waals surface area contributed by atoms with Crippen LogP contribution in [0.15, 0.2) is 24.3 Å². The molecule has 1 fully saturated rings. The summed E-state index contributed by atoms with van der Waals surface area (Å²) in [5.41, 5.74) is 1.08. The van der Waals surface area contributed by atoms with Crippen LogP contribution in [0.5, 0.6) is 0 Å². The zero-order valence-corrected chi connectivity index (χ0v) is 14.9. The van der Waals surface area contributed by atoms with E-state index in [-0.39, 0.29) is 30.8 Å². The van der Waals surface area contributed by atoms with Crippen molar-refractivity contribution in [2.24, 2.45) is 0 Å². The number of hydrogen-bond acceptors (Lipinski definition) is 3. The molecule has 1 aliphatic carbocycles. The SMILES string of the molecule is O=C(O)Cc1ccccc1NC(=O)CCCNC(=O)NC1CCCCC1. The molecule has 0 radical (unpaired) electrons. The van der Waals surface area contributed by atoms with Crippen molar-refractivity contribution in [2.75, 3.05) is 11.9 Å². The van der Waals surface area contributed by atoms with Crippen LogP contribution in [0, 0.1) is 0 Å². The summed E-state index contributed by atoms with van der Waals surface area (Å²) in [4.78, 5) is 34.7. The third kappa shape index (κ3) is 7.13. The number of nitrogens with one attached hydrogen (secondary N) is 3. The van der Waals surface area contributed by atoms with E-state index in [1.807, 2.05) is 0 Å². The molecule has 7 heteroatoms. The van der Waals surface area contributed by atoms with E-state index in [4.69, 9.17) is 5.11 Å². The first-order valence-corrected chi connectivity index (χ1v) is 9.18. The highest BCUT2D eigenvalue weighted by Crippen LogP contribution is 2.17. The van der Waals surface area contributed by atoms with Crippen LogP contribution in [-0.2, 0) is 16.0 Å². The van der Waals surface area contributed by atoms with Gasteiger partial charge in [-0.25, -0.2) is 4.79 Å². The Labute approximate surface area is 153 Å². The number of benzene rings is 1. The molecule has 0 aliphatic heterocycles. The normalized spacial score (nSPS) is 14.5. The highest BCUT2D eigenvalue weighted by atomic mass is 16.4. The second-order valence-electron chi connectivity index (χ2n) is 6.61. The van der Waals surface area contributed by atoms with Crippen LogP contribution in [0.25, 0.3) is 0 Å². The zero-order valence-electron chi connectivity index (χ0n) is 14.9. The third-order valence-corrected chi connectivity index (χ3v) is 4.44. The van der Waals surface area contributed by atoms with Gasteiger partial charge in [0.2, 0.25) is 5.91 Å². The van der Waals surface area contributed by atoms with Crippen LogP contribution in [0.2, 0.25) is 0 Å². The average Bonchev–Trinajstić information content (AvgIpc) is 2.61. The van der Waals surface area contributed by atoms with Gasteiger partial charge in [0.15, 0.2) is 0 Å². The summed E-state index contributed by atoms with van der Waals surface area (Å²) in [7, 11) is 0. The molecule has 0 unspecified atom stereocenters. The van der Waals surface area contributed by atoms with Crippen molar-refractivity contribution in [3.05, 3.63) is 29.8 Å². The number of anilines is 1. The second-order valence-corrected chi connectivity index (χ2v) is 6.61. The Kier molecular flexibility index (Phi) is 7.92. The molecular weight excluding hydrogens is 334 g/mol. The van der Waals surface area contributed by atoms with Gasteiger partial charge in [0, 0.05) is 24.7 Å². The smallest absolute Gasteiger partial charge is 0.315 e. The zero-order chi connectivity index (χ0) is 18.8. The highest BCUT2D eigenvalue weighted by Gasteiger charge is 2.15. The number of hydrogen-bond donors (Lipinski definition) is 4. The molecule has 1 aromatic carbocycles. The number of aliphatic carboxylic acids is 1. The van der Waals surface area contributed by atoms with Crippen LogP contribution in [0.3, 0.4) is 0 Å². The summed E-state index contributed by atoms with van der Waals surface area (Å²) in [5.74, 6) is -1.14. The molecule has 1 aromatic rings. The van der Waals surface area contributed by atoms with Gasteiger partial charge in [0.05, 0.1) is 6.42 Å². The minimum atomic E-state index is -0.945. The standard InChI is InChI=1S/C19H27N3O4/c23-17(22-16-10-5-4-7-14(16)13-18(24)25)11-6-12-20-19(26)21-15-8-2-1-3-9-15/h4-5,7,10,15H,1-3,6,8-9,11-13H2,(H,22,23)(H,24,25)(H2,20,21,26). The molecule has 4 N–H and O–H groups in total. The molecule has 1 aliphatic rings. The largest absolute Gasteiger partial charge is 0.481 e. The van der Waals surface area contributed by atoms with Crippen LogP contribution in [0.1, 0.15) is 50.5 Å². The van der Waals surface area contributed by atoms with Crippen molar-refractivity contribution in [1.29, 1.82) is 0 Å². The lowest BCUT2D eigenvalue weighted by Gasteiger charge is -2.22. The molecule has 0 saturated heterocycles. The quantitative estimate of drug-likeness (QED) is 0.534. The number of carboxylic acids is 1. The Morgan fingerprint density at radius 1 is 1.08 bits per heavy atom. The number of para-hydroxylation sites is 1. The molecule has 7 nitrogen and oxygen atoms in total. The molecule has 0 atom stereocenters. The van der Waals surface area contributed by atoms with E-state index in [2.05, 4.69) is 16.0 Å². The van der Waals surface area contributed by atoms with Gasteiger partial charge >= 0.3 is 12.0 Å². The Bertz CT molecular complexity index is 627. The highest BCUT2D eigenvalue weighted by molar-refractivity contribution is 5.92. The van der Waals surface area contributed by atoms with Crippen LogP contribution < -0.4 is 16.0 Å². The van der Waals surface area contributed by atoms with E-state index in [0.717, 1.165) is 25.7 Å². The fraction of sp³-hybridized carbons (Fsp3) is 0.526. The maximum atomic E-state index is 12.0. The molecule has 2 rings (SSSR count). The first kappa shape index (κ1) is 19.8. The van der Waals surface area contributed by atoms with Crippen molar-refractivity contribution in [3.8, 4) is 0 Å². The monoisotopic (exact) mass is 361 g/mol. The van der Waals surface area contributed by atoms with E-state index in [1.54, 1.807) is 24.3 Å². The number of carbonyl (C=O) groups is 3. The fourth-order valence-electron chi connectivity index (χ4n) is 3.11. The van der Waals surface area contributed by atoms with Gasteiger partial charge in [-0.3, -0.25) is 9.59 Å². The first-order chi connectivity index (χ1) is 12.5. The topological polar surface area (TPSA) is 108 Å². The molecular formula is C19H27N3O4. The van der Waals surface area contributed by atoms with E-state index < -0.39 is 5.97 Å². The van der Waals surface area contributed by atoms with Crippen molar-refractivity contribution in [2.45, 2.75) is 57.4 Å². The van der Waals surface area contributed by atoms with Crippen molar-refractivity contribution < 1.29 is 19.5 Å². The summed E-state index contributed by atoms with van der Waals surface area (Å²) >= 11 is 0. The van der Waals surface area contributed by atoms with Crippen LogP contribution in [-0.4, -0.2) is 35.6 Å². The molecule has 26 heavy (non-hydrogen) atoms.